The number of nitrogens with zero attached hydrogens (tertiary/aromatic N) is 1. The third kappa shape index (κ3) is 8.49. The van der Waals surface area contributed by atoms with Gasteiger partial charge in [0.25, 0.3) is 0 Å². The van der Waals surface area contributed by atoms with Crippen molar-refractivity contribution in [3.05, 3.63) is 35.6 Å². The van der Waals surface area contributed by atoms with Crippen molar-refractivity contribution in [2.45, 2.75) is 19.9 Å². The summed E-state index contributed by atoms with van der Waals surface area (Å²) in [7, 11) is 1.35. The van der Waals surface area contributed by atoms with E-state index >= 15 is 0 Å². The van der Waals surface area contributed by atoms with Crippen LogP contribution in [0.2, 0.25) is 0 Å². The smallest absolute Gasteiger partial charge is 0.307 e. The van der Waals surface area contributed by atoms with Gasteiger partial charge in [0.2, 0.25) is 0 Å². The number of esters is 1. The second-order valence-electron chi connectivity index (χ2n) is 4.08. The van der Waals surface area contributed by atoms with Crippen LogP contribution in [0, 0.1) is 5.82 Å². The molecule has 0 radical (unpaired) electrons. The molecule has 0 fully saturated rings. The molecule has 0 spiro atoms. The van der Waals surface area contributed by atoms with Gasteiger partial charge in [0.1, 0.15) is 5.82 Å². The Balaban J connectivity index is 0.00000400. The van der Waals surface area contributed by atoms with Crippen LogP contribution in [-0.2, 0) is 16.1 Å². The van der Waals surface area contributed by atoms with Gasteiger partial charge in [-0.3, -0.25) is 4.79 Å². The van der Waals surface area contributed by atoms with E-state index in [-0.39, 0.29) is 42.2 Å². The third-order valence-corrected chi connectivity index (χ3v) is 2.50. The Bertz CT molecular complexity index is 469. The van der Waals surface area contributed by atoms with Gasteiger partial charge in [-0.05, 0) is 24.6 Å². The number of rotatable bonds is 6. The van der Waals surface area contributed by atoms with E-state index in [0.29, 0.717) is 25.6 Å². The number of halogens is 2. The van der Waals surface area contributed by atoms with Crippen LogP contribution in [0.4, 0.5) is 4.39 Å². The van der Waals surface area contributed by atoms with Gasteiger partial charge in [-0.2, -0.15) is 0 Å². The largest absolute Gasteiger partial charge is 0.469 e. The zero-order chi connectivity index (χ0) is 14.8. The fourth-order valence-corrected chi connectivity index (χ4v) is 1.53. The Morgan fingerprint density at radius 2 is 2.14 bits per heavy atom. The van der Waals surface area contributed by atoms with E-state index in [1.807, 2.05) is 13.0 Å². The maximum atomic E-state index is 13.0. The van der Waals surface area contributed by atoms with Crippen molar-refractivity contribution in [2.75, 3.05) is 20.2 Å². The molecule has 0 aliphatic carbocycles. The lowest BCUT2D eigenvalue weighted by Gasteiger charge is -2.10. The summed E-state index contributed by atoms with van der Waals surface area (Å²) in [5, 5.41) is 6.07. The molecule has 0 bridgehead atoms. The minimum Gasteiger partial charge on any atom is -0.469 e. The second-order valence-corrected chi connectivity index (χ2v) is 4.08. The zero-order valence-electron chi connectivity index (χ0n) is 12.2. The van der Waals surface area contributed by atoms with Crippen molar-refractivity contribution in [3.8, 4) is 0 Å². The molecule has 0 amide bonds. The highest BCUT2D eigenvalue weighted by Crippen LogP contribution is 2.04. The third-order valence-electron chi connectivity index (χ3n) is 2.50. The molecule has 0 aliphatic heterocycles. The molecule has 0 aromatic heterocycles. The Hall–Kier alpha value is -1.38. The summed E-state index contributed by atoms with van der Waals surface area (Å²) in [5.41, 5.74) is 0.787. The van der Waals surface area contributed by atoms with Crippen LogP contribution in [0.5, 0.6) is 0 Å². The average molecular weight is 409 g/mol. The number of carbonyl (C=O) groups is 1. The molecule has 7 heteroatoms. The van der Waals surface area contributed by atoms with E-state index in [1.165, 1.54) is 19.2 Å². The van der Waals surface area contributed by atoms with Crippen LogP contribution >= 0.6 is 24.0 Å². The van der Waals surface area contributed by atoms with Crippen molar-refractivity contribution in [1.29, 1.82) is 0 Å². The van der Waals surface area contributed by atoms with Crippen LogP contribution in [0.3, 0.4) is 0 Å². The minimum atomic E-state index is -0.279. The highest BCUT2D eigenvalue weighted by molar-refractivity contribution is 14.0. The second kappa shape index (κ2) is 11.3. The predicted molar refractivity (Wildman–Crippen MR) is 91.3 cm³/mol. The Labute approximate surface area is 141 Å². The topological polar surface area (TPSA) is 62.7 Å². The molecule has 0 atom stereocenters. The lowest BCUT2D eigenvalue weighted by atomic mass is 10.2. The van der Waals surface area contributed by atoms with Gasteiger partial charge in [-0.1, -0.05) is 12.1 Å². The zero-order valence-corrected chi connectivity index (χ0v) is 14.5. The molecule has 5 nitrogen and oxygen atoms in total. The first-order valence-corrected chi connectivity index (χ1v) is 6.49. The van der Waals surface area contributed by atoms with Gasteiger partial charge < -0.3 is 15.4 Å². The van der Waals surface area contributed by atoms with Gasteiger partial charge >= 0.3 is 5.97 Å². The number of methoxy groups -OCH3 is 1. The maximum Gasteiger partial charge on any atom is 0.307 e. The van der Waals surface area contributed by atoms with Crippen LogP contribution in [0.25, 0.3) is 0 Å². The van der Waals surface area contributed by atoms with Crippen LogP contribution in [0.15, 0.2) is 29.3 Å². The summed E-state index contributed by atoms with van der Waals surface area (Å²) < 4.78 is 17.6. The summed E-state index contributed by atoms with van der Waals surface area (Å²) in [6.07, 6.45) is 0.265. The van der Waals surface area contributed by atoms with Crippen LogP contribution in [-0.4, -0.2) is 32.1 Å². The molecule has 0 saturated carbocycles. The number of carbonyl (C=O) groups excluding carboxylic acids is 1. The van der Waals surface area contributed by atoms with Gasteiger partial charge in [-0.25, -0.2) is 9.38 Å². The molecule has 118 valence electrons. The number of nitrogens with one attached hydrogen (secondary N) is 2. The normalized spacial score (nSPS) is 10.5. The summed E-state index contributed by atoms with van der Waals surface area (Å²) in [6.45, 7) is 3.44. The van der Waals surface area contributed by atoms with E-state index in [2.05, 4.69) is 20.4 Å². The number of benzene rings is 1. The molecule has 2 N–H and O–H groups in total. The first-order valence-electron chi connectivity index (χ1n) is 6.49. The van der Waals surface area contributed by atoms with E-state index in [1.54, 1.807) is 6.07 Å². The summed E-state index contributed by atoms with van der Waals surface area (Å²) >= 11 is 0. The quantitative estimate of drug-likeness (QED) is 0.327. The summed E-state index contributed by atoms with van der Waals surface area (Å²) in [6, 6.07) is 6.30. The summed E-state index contributed by atoms with van der Waals surface area (Å²) in [4.78, 5) is 15.3. The molecule has 1 aromatic carbocycles. The van der Waals surface area contributed by atoms with Crippen molar-refractivity contribution < 1.29 is 13.9 Å². The Morgan fingerprint density at radius 1 is 1.38 bits per heavy atom. The highest BCUT2D eigenvalue weighted by Gasteiger charge is 2.02. The van der Waals surface area contributed by atoms with E-state index in [9.17, 15) is 9.18 Å². The standard InChI is InChI=1S/C14H20FN3O2.HI/c1-3-16-14(17-8-7-13(19)20-2)18-10-11-5-4-6-12(15)9-11;/h4-6,9H,3,7-8,10H2,1-2H3,(H2,16,17,18);1H. The highest BCUT2D eigenvalue weighted by atomic mass is 127. The number of ether oxygens (including phenoxy) is 1. The monoisotopic (exact) mass is 409 g/mol. The fraction of sp³-hybridized carbons (Fsp3) is 0.429. The lowest BCUT2D eigenvalue weighted by molar-refractivity contribution is -0.140. The van der Waals surface area contributed by atoms with Crippen molar-refractivity contribution in [1.82, 2.24) is 10.6 Å². The van der Waals surface area contributed by atoms with Crippen molar-refractivity contribution in [2.24, 2.45) is 4.99 Å². The SMILES string of the molecule is CCNC(=NCc1cccc(F)c1)NCCC(=O)OC.I. The van der Waals surface area contributed by atoms with E-state index in [0.717, 1.165) is 5.56 Å². The molecule has 0 heterocycles. The first-order chi connectivity index (χ1) is 9.65. The number of guanidine groups is 1. The number of aliphatic imine (C=N–C) groups is 1. The number of hydrogen-bond donors (Lipinski definition) is 2. The fourth-order valence-electron chi connectivity index (χ4n) is 1.53. The van der Waals surface area contributed by atoms with Gasteiger partial charge in [-0.15, -0.1) is 24.0 Å². The van der Waals surface area contributed by atoms with Crippen molar-refractivity contribution >= 4 is 35.9 Å². The lowest BCUT2D eigenvalue weighted by Crippen LogP contribution is -2.38. The molecule has 0 unspecified atom stereocenters. The van der Waals surface area contributed by atoms with E-state index in [4.69, 9.17) is 0 Å². The molecular weight excluding hydrogens is 388 g/mol. The molecule has 1 aromatic rings. The Kier molecular flexibility index (Phi) is 10.6. The molecular formula is C14H21FIN3O2. The molecule has 1 rings (SSSR count). The molecule has 0 aliphatic rings. The van der Waals surface area contributed by atoms with Gasteiger partial charge in [0, 0.05) is 13.1 Å². The van der Waals surface area contributed by atoms with Crippen LogP contribution in [0.1, 0.15) is 18.9 Å². The van der Waals surface area contributed by atoms with E-state index < -0.39 is 0 Å². The van der Waals surface area contributed by atoms with Gasteiger partial charge in [0.15, 0.2) is 5.96 Å². The molecule has 21 heavy (non-hydrogen) atoms. The summed E-state index contributed by atoms with van der Waals surface area (Å²) in [5.74, 6) is 0.0282. The minimum absolute atomic E-state index is 0. The van der Waals surface area contributed by atoms with Gasteiger partial charge in [0.05, 0.1) is 20.1 Å². The van der Waals surface area contributed by atoms with Crippen LogP contribution < -0.4 is 10.6 Å². The average Bonchev–Trinajstić information content (AvgIpc) is 2.44. The number of hydrogen-bond acceptors (Lipinski definition) is 3. The first kappa shape index (κ1) is 19.6. The Morgan fingerprint density at radius 3 is 2.76 bits per heavy atom. The maximum absolute atomic E-state index is 13.0. The predicted octanol–water partition coefficient (Wildman–Crippen LogP) is 2.06. The molecule has 0 saturated heterocycles. The van der Waals surface area contributed by atoms with Crippen molar-refractivity contribution in [3.63, 3.8) is 0 Å².